The minimum atomic E-state index is -2.33. The lowest BCUT2D eigenvalue weighted by Gasteiger charge is -1.99. The lowest BCUT2D eigenvalue weighted by atomic mass is 10.2. The van der Waals surface area contributed by atoms with Crippen molar-refractivity contribution < 1.29 is 13.6 Å². The van der Waals surface area contributed by atoms with Crippen LogP contribution in [-0.4, -0.2) is 17.3 Å². The fraction of sp³-hybridized carbons (Fsp3) is 0.300. The van der Waals surface area contributed by atoms with E-state index in [1.165, 1.54) is 0 Å². The standard InChI is InChI=1S/C10H10F2OS/c11-9(12)6-7-14-10(13)8-4-2-1-3-5-8/h1-5,9H,6-7H2. The van der Waals surface area contributed by atoms with Gasteiger partial charge in [-0.2, -0.15) is 0 Å². The summed E-state index contributed by atoms with van der Waals surface area (Å²) in [5.74, 6) is 0.172. The van der Waals surface area contributed by atoms with E-state index in [2.05, 4.69) is 0 Å². The minimum absolute atomic E-state index is 0.147. The molecule has 0 spiro atoms. The van der Waals surface area contributed by atoms with E-state index in [1.807, 2.05) is 0 Å². The quantitative estimate of drug-likeness (QED) is 0.768. The molecule has 0 fully saturated rings. The van der Waals surface area contributed by atoms with Crippen molar-refractivity contribution in [3.63, 3.8) is 0 Å². The molecule has 76 valence electrons. The van der Waals surface area contributed by atoms with Crippen LogP contribution in [0.15, 0.2) is 30.3 Å². The molecule has 0 radical (unpaired) electrons. The summed E-state index contributed by atoms with van der Waals surface area (Å²) >= 11 is 0.939. The van der Waals surface area contributed by atoms with E-state index in [1.54, 1.807) is 30.3 Å². The number of carbonyl (C=O) groups is 1. The van der Waals surface area contributed by atoms with Gasteiger partial charge in [0.05, 0.1) is 0 Å². The molecule has 0 aliphatic heterocycles. The van der Waals surface area contributed by atoms with Gasteiger partial charge in [0.1, 0.15) is 0 Å². The monoisotopic (exact) mass is 216 g/mol. The topological polar surface area (TPSA) is 17.1 Å². The lowest BCUT2D eigenvalue weighted by Crippen LogP contribution is -1.98. The van der Waals surface area contributed by atoms with Crippen LogP contribution in [0.25, 0.3) is 0 Å². The third-order valence-electron chi connectivity index (χ3n) is 1.58. The lowest BCUT2D eigenvalue weighted by molar-refractivity contribution is 0.108. The van der Waals surface area contributed by atoms with Gasteiger partial charge < -0.3 is 0 Å². The molecule has 0 saturated heterocycles. The van der Waals surface area contributed by atoms with Crippen molar-refractivity contribution in [2.24, 2.45) is 0 Å². The molecule has 0 aliphatic rings. The molecule has 1 nitrogen and oxygen atoms in total. The Labute approximate surface area is 85.5 Å². The first-order chi connectivity index (χ1) is 6.70. The van der Waals surface area contributed by atoms with Crippen LogP contribution in [0.2, 0.25) is 0 Å². The summed E-state index contributed by atoms with van der Waals surface area (Å²) in [6.07, 6.45) is -2.56. The number of halogens is 2. The molecule has 0 heterocycles. The van der Waals surface area contributed by atoms with Crippen molar-refractivity contribution in [1.29, 1.82) is 0 Å². The predicted molar refractivity (Wildman–Crippen MR) is 53.9 cm³/mol. The first-order valence-electron chi connectivity index (χ1n) is 4.20. The van der Waals surface area contributed by atoms with Crippen LogP contribution >= 0.6 is 11.8 Å². The first-order valence-corrected chi connectivity index (χ1v) is 5.19. The van der Waals surface area contributed by atoms with E-state index in [-0.39, 0.29) is 17.3 Å². The molecule has 0 aliphatic carbocycles. The highest BCUT2D eigenvalue weighted by Crippen LogP contribution is 2.14. The van der Waals surface area contributed by atoms with E-state index in [9.17, 15) is 13.6 Å². The Morgan fingerprint density at radius 1 is 1.29 bits per heavy atom. The molecule has 0 bridgehead atoms. The molecule has 4 heteroatoms. The molecule has 0 N–H and O–H groups in total. The molecule has 0 saturated carbocycles. The first kappa shape index (κ1) is 11.2. The van der Waals surface area contributed by atoms with Gasteiger partial charge in [-0.1, -0.05) is 42.1 Å². The van der Waals surface area contributed by atoms with Crippen molar-refractivity contribution in [2.75, 3.05) is 5.75 Å². The van der Waals surface area contributed by atoms with Crippen molar-refractivity contribution in [3.05, 3.63) is 35.9 Å². The molecule has 1 aromatic carbocycles. The predicted octanol–water partition coefficient (Wildman–Crippen LogP) is 3.22. The molecule has 0 atom stereocenters. The third kappa shape index (κ3) is 3.87. The van der Waals surface area contributed by atoms with Crippen molar-refractivity contribution in [1.82, 2.24) is 0 Å². The second kappa shape index (κ2) is 5.75. The van der Waals surface area contributed by atoms with E-state index in [0.29, 0.717) is 5.56 Å². The summed E-state index contributed by atoms with van der Waals surface area (Å²) in [4.78, 5) is 11.3. The van der Waals surface area contributed by atoms with Gasteiger partial charge in [-0.3, -0.25) is 4.79 Å². The fourth-order valence-corrected chi connectivity index (χ4v) is 1.68. The number of carbonyl (C=O) groups excluding carboxylic acids is 1. The average Bonchev–Trinajstić information content (AvgIpc) is 2.18. The Kier molecular flexibility index (Phi) is 4.59. The van der Waals surface area contributed by atoms with E-state index in [4.69, 9.17) is 0 Å². The highest BCUT2D eigenvalue weighted by atomic mass is 32.2. The Morgan fingerprint density at radius 2 is 1.93 bits per heavy atom. The van der Waals surface area contributed by atoms with Gasteiger partial charge in [0.25, 0.3) is 0 Å². The normalized spacial score (nSPS) is 10.5. The fourth-order valence-electron chi connectivity index (χ4n) is 0.898. The summed E-state index contributed by atoms with van der Waals surface area (Å²) in [5.41, 5.74) is 0.562. The zero-order valence-corrected chi connectivity index (χ0v) is 8.27. The summed E-state index contributed by atoms with van der Waals surface area (Å²) in [7, 11) is 0. The summed E-state index contributed by atoms with van der Waals surface area (Å²) < 4.78 is 23.5. The van der Waals surface area contributed by atoms with Crippen molar-refractivity contribution >= 4 is 16.9 Å². The highest BCUT2D eigenvalue weighted by molar-refractivity contribution is 8.14. The molecule has 14 heavy (non-hydrogen) atoms. The maximum Gasteiger partial charge on any atom is 0.239 e. The van der Waals surface area contributed by atoms with Crippen LogP contribution in [-0.2, 0) is 0 Å². The number of alkyl halides is 2. The van der Waals surface area contributed by atoms with E-state index in [0.717, 1.165) is 11.8 Å². The smallest absolute Gasteiger partial charge is 0.239 e. The van der Waals surface area contributed by atoms with Gasteiger partial charge in [0.15, 0.2) is 0 Å². The van der Waals surface area contributed by atoms with Gasteiger partial charge >= 0.3 is 0 Å². The van der Waals surface area contributed by atoms with Crippen molar-refractivity contribution in [3.8, 4) is 0 Å². The third-order valence-corrected chi connectivity index (χ3v) is 2.52. The van der Waals surface area contributed by atoms with Crippen molar-refractivity contribution in [2.45, 2.75) is 12.8 Å². The maximum absolute atomic E-state index is 11.8. The van der Waals surface area contributed by atoms with E-state index >= 15 is 0 Å². The molecule has 0 unspecified atom stereocenters. The molecule has 0 aromatic heterocycles. The van der Waals surface area contributed by atoms with Gasteiger partial charge in [-0.15, -0.1) is 0 Å². The Balaban J connectivity index is 2.36. The Morgan fingerprint density at radius 3 is 2.50 bits per heavy atom. The second-order valence-corrected chi connectivity index (χ2v) is 3.75. The van der Waals surface area contributed by atoms with Gasteiger partial charge in [0.2, 0.25) is 11.5 Å². The zero-order valence-electron chi connectivity index (χ0n) is 7.45. The SMILES string of the molecule is O=C(SCCC(F)F)c1ccccc1. The van der Waals surface area contributed by atoms with Crippen LogP contribution in [0.3, 0.4) is 0 Å². The summed E-state index contributed by atoms with van der Waals surface area (Å²) in [5, 5.41) is -0.147. The van der Waals surface area contributed by atoms with Gasteiger partial charge in [-0.05, 0) is 0 Å². The van der Waals surface area contributed by atoms with Crippen LogP contribution in [0.1, 0.15) is 16.8 Å². The number of rotatable bonds is 4. The van der Waals surface area contributed by atoms with Crippen LogP contribution < -0.4 is 0 Å². The zero-order chi connectivity index (χ0) is 10.4. The molecule has 1 aromatic rings. The number of thioether (sulfide) groups is 1. The summed E-state index contributed by atoms with van der Waals surface area (Å²) in [6.45, 7) is 0. The molecular formula is C10H10F2OS. The Bertz CT molecular complexity index is 287. The second-order valence-electron chi connectivity index (χ2n) is 2.68. The average molecular weight is 216 g/mol. The number of hydrogen-bond donors (Lipinski definition) is 0. The molecular weight excluding hydrogens is 206 g/mol. The maximum atomic E-state index is 11.8. The molecule has 1 rings (SSSR count). The van der Waals surface area contributed by atoms with Crippen LogP contribution in [0.4, 0.5) is 8.78 Å². The number of benzene rings is 1. The minimum Gasteiger partial charge on any atom is -0.282 e. The van der Waals surface area contributed by atoms with E-state index < -0.39 is 6.43 Å². The largest absolute Gasteiger partial charge is 0.282 e. The Hall–Kier alpha value is -0.900. The van der Waals surface area contributed by atoms with Gasteiger partial charge in [-0.25, -0.2) is 8.78 Å². The summed E-state index contributed by atoms with van der Waals surface area (Å²) in [6, 6.07) is 8.66. The molecule has 0 amide bonds. The van der Waals surface area contributed by atoms with Gasteiger partial charge in [0, 0.05) is 17.7 Å². The highest BCUT2D eigenvalue weighted by Gasteiger charge is 2.08. The number of hydrogen-bond acceptors (Lipinski definition) is 2. The van der Waals surface area contributed by atoms with Crippen LogP contribution in [0, 0.1) is 0 Å². The van der Waals surface area contributed by atoms with Crippen LogP contribution in [0.5, 0.6) is 0 Å².